The molecule has 0 atom stereocenters. The van der Waals surface area contributed by atoms with Gasteiger partial charge in [0.25, 0.3) is 5.91 Å². The molecule has 5 nitrogen and oxygen atoms in total. The molecule has 0 fully saturated rings. The summed E-state index contributed by atoms with van der Waals surface area (Å²) in [6.45, 7) is 0. The van der Waals surface area contributed by atoms with E-state index < -0.39 is 0 Å². The Morgan fingerprint density at radius 1 is 1.08 bits per heavy atom. The van der Waals surface area contributed by atoms with Crippen molar-refractivity contribution in [2.24, 2.45) is 7.05 Å². The highest BCUT2D eigenvalue weighted by atomic mass is 16.5. The topological polar surface area (TPSA) is 47.4 Å². The summed E-state index contributed by atoms with van der Waals surface area (Å²) in [4.78, 5) is 14.3. The number of rotatable bonds is 4. The fraction of sp³-hybridized carbons (Fsp3) is 0.158. The van der Waals surface area contributed by atoms with Crippen LogP contribution >= 0.6 is 0 Å². The summed E-state index contributed by atoms with van der Waals surface area (Å²) < 4.78 is 6.89. The van der Waals surface area contributed by atoms with Gasteiger partial charge in [-0.1, -0.05) is 18.2 Å². The highest BCUT2D eigenvalue weighted by Gasteiger charge is 2.18. The van der Waals surface area contributed by atoms with Crippen LogP contribution in [0.15, 0.2) is 60.7 Å². The zero-order valence-electron chi connectivity index (χ0n) is 13.9. The van der Waals surface area contributed by atoms with Gasteiger partial charge in [-0.3, -0.25) is 9.48 Å². The van der Waals surface area contributed by atoms with Crippen molar-refractivity contribution in [2.75, 3.05) is 19.1 Å². The maximum Gasteiger partial charge on any atom is 0.278 e. The first-order chi connectivity index (χ1) is 11.6. The molecule has 1 amide bonds. The third-order valence-corrected chi connectivity index (χ3v) is 3.93. The van der Waals surface area contributed by atoms with Crippen LogP contribution in [0.2, 0.25) is 0 Å². The molecule has 3 aromatic rings. The summed E-state index contributed by atoms with van der Waals surface area (Å²) in [5, 5.41) is 4.37. The summed E-state index contributed by atoms with van der Waals surface area (Å²) in [6.07, 6.45) is 0. The second-order valence-corrected chi connectivity index (χ2v) is 5.47. The van der Waals surface area contributed by atoms with Crippen LogP contribution in [0, 0.1) is 0 Å². The summed E-state index contributed by atoms with van der Waals surface area (Å²) in [6, 6.07) is 19.0. The molecule has 0 aliphatic carbocycles. The first kappa shape index (κ1) is 15.8. The minimum absolute atomic E-state index is 0.142. The maximum absolute atomic E-state index is 12.7. The average Bonchev–Trinajstić information content (AvgIpc) is 3.03. The Bertz CT molecular complexity index is 839. The van der Waals surface area contributed by atoms with Crippen molar-refractivity contribution in [3.05, 3.63) is 66.4 Å². The lowest BCUT2D eigenvalue weighted by Crippen LogP contribution is -2.26. The number of carbonyl (C=O) groups is 1. The number of anilines is 1. The Labute approximate surface area is 141 Å². The van der Waals surface area contributed by atoms with Gasteiger partial charge in [-0.15, -0.1) is 0 Å². The van der Waals surface area contributed by atoms with E-state index in [9.17, 15) is 4.79 Å². The zero-order valence-corrected chi connectivity index (χ0v) is 13.9. The van der Waals surface area contributed by atoms with Gasteiger partial charge >= 0.3 is 0 Å². The van der Waals surface area contributed by atoms with Gasteiger partial charge in [-0.2, -0.15) is 5.10 Å². The highest BCUT2D eigenvalue weighted by Crippen LogP contribution is 2.24. The molecule has 1 heterocycles. The van der Waals surface area contributed by atoms with E-state index in [4.69, 9.17) is 4.74 Å². The Kier molecular flexibility index (Phi) is 4.33. The summed E-state index contributed by atoms with van der Waals surface area (Å²) in [5.74, 6) is 0.651. The molecular formula is C19H19N3O2. The number of ether oxygens (including phenoxy) is 1. The SMILES string of the molecule is COc1ccc(-c2cc(C(=O)N(C)c3ccccc3)nn2C)cc1. The van der Waals surface area contributed by atoms with E-state index in [0.717, 1.165) is 22.7 Å². The third-order valence-electron chi connectivity index (χ3n) is 3.93. The average molecular weight is 321 g/mol. The molecule has 0 bridgehead atoms. The number of carbonyl (C=O) groups excluding carboxylic acids is 1. The molecular weight excluding hydrogens is 302 g/mol. The molecule has 2 aromatic carbocycles. The van der Waals surface area contributed by atoms with Crippen LogP contribution in [-0.4, -0.2) is 29.8 Å². The van der Waals surface area contributed by atoms with Crippen molar-refractivity contribution >= 4 is 11.6 Å². The second kappa shape index (κ2) is 6.58. The number of amides is 1. The fourth-order valence-electron chi connectivity index (χ4n) is 2.54. The zero-order chi connectivity index (χ0) is 17.1. The number of nitrogens with zero attached hydrogens (tertiary/aromatic N) is 3. The van der Waals surface area contributed by atoms with Gasteiger partial charge in [0.1, 0.15) is 5.75 Å². The van der Waals surface area contributed by atoms with E-state index in [1.165, 1.54) is 0 Å². The number of aromatic nitrogens is 2. The molecule has 0 aliphatic heterocycles. The molecule has 5 heteroatoms. The van der Waals surface area contributed by atoms with Crippen LogP contribution in [0.5, 0.6) is 5.75 Å². The van der Waals surface area contributed by atoms with E-state index in [1.54, 1.807) is 23.7 Å². The fourth-order valence-corrected chi connectivity index (χ4v) is 2.54. The minimum Gasteiger partial charge on any atom is -0.497 e. The van der Waals surface area contributed by atoms with Crippen LogP contribution in [0.1, 0.15) is 10.5 Å². The van der Waals surface area contributed by atoms with Gasteiger partial charge in [-0.05, 0) is 42.5 Å². The Morgan fingerprint density at radius 2 is 1.75 bits per heavy atom. The Hall–Kier alpha value is -3.08. The first-order valence-electron chi connectivity index (χ1n) is 7.61. The van der Waals surface area contributed by atoms with Crippen molar-refractivity contribution in [3.63, 3.8) is 0 Å². The summed E-state index contributed by atoms with van der Waals surface area (Å²) in [5.41, 5.74) is 3.10. The molecule has 0 spiro atoms. The number of para-hydroxylation sites is 1. The van der Waals surface area contributed by atoms with Gasteiger partial charge < -0.3 is 9.64 Å². The van der Waals surface area contributed by atoms with Gasteiger partial charge in [0.2, 0.25) is 0 Å². The van der Waals surface area contributed by atoms with Crippen molar-refractivity contribution in [1.29, 1.82) is 0 Å². The molecule has 3 rings (SSSR count). The molecule has 24 heavy (non-hydrogen) atoms. The standard InChI is InChI=1S/C19H19N3O2/c1-21(15-7-5-4-6-8-15)19(23)17-13-18(22(2)20-17)14-9-11-16(24-3)12-10-14/h4-13H,1-3H3. The number of hydrogen-bond donors (Lipinski definition) is 0. The van der Waals surface area contributed by atoms with Crippen molar-refractivity contribution in [2.45, 2.75) is 0 Å². The lowest BCUT2D eigenvalue weighted by molar-refractivity contribution is 0.0987. The predicted octanol–water partition coefficient (Wildman–Crippen LogP) is 3.37. The van der Waals surface area contributed by atoms with E-state index in [-0.39, 0.29) is 5.91 Å². The van der Waals surface area contributed by atoms with Crippen LogP contribution in [-0.2, 0) is 7.05 Å². The summed E-state index contributed by atoms with van der Waals surface area (Å²) >= 11 is 0. The Balaban J connectivity index is 1.89. The second-order valence-electron chi connectivity index (χ2n) is 5.47. The lowest BCUT2D eigenvalue weighted by Gasteiger charge is -2.15. The largest absolute Gasteiger partial charge is 0.497 e. The molecule has 0 saturated heterocycles. The number of benzene rings is 2. The number of hydrogen-bond acceptors (Lipinski definition) is 3. The van der Waals surface area contributed by atoms with Crippen molar-refractivity contribution in [1.82, 2.24) is 9.78 Å². The van der Waals surface area contributed by atoms with E-state index in [0.29, 0.717) is 5.69 Å². The van der Waals surface area contributed by atoms with E-state index in [1.807, 2.05) is 67.7 Å². The van der Waals surface area contributed by atoms with E-state index >= 15 is 0 Å². The van der Waals surface area contributed by atoms with Gasteiger partial charge in [-0.25, -0.2) is 0 Å². The third kappa shape index (κ3) is 3.01. The van der Waals surface area contributed by atoms with Gasteiger partial charge in [0, 0.05) is 25.3 Å². The number of aryl methyl sites for hydroxylation is 1. The molecule has 0 unspecified atom stereocenters. The van der Waals surface area contributed by atoms with Crippen molar-refractivity contribution < 1.29 is 9.53 Å². The minimum atomic E-state index is -0.142. The van der Waals surface area contributed by atoms with Crippen molar-refractivity contribution in [3.8, 4) is 17.0 Å². The molecule has 0 saturated carbocycles. The van der Waals surface area contributed by atoms with Crippen LogP contribution in [0.4, 0.5) is 5.69 Å². The monoisotopic (exact) mass is 321 g/mol. The highest BCUT2D eigenvalue weighted by molar-refractivity contribution is 6.04. The van der Waals surface area contributed by atoms with E-state index in [2.05, 4.69) is 5.10 Å². The van der Waals surface area contributed by atoms with Crippen LogP contribution in [0.25, 0.3) is 11.3 Å². The summed E-state index contributed by atoms with van der Waals surface area (Å²) in [7, 11) is 5.22. The maximum atomic E-state index is 12.7. The molecule has 1 aromatic heterocycles. The van der Waals surface area contributed by atoms with Gasteiger partial charge in [0.05, 0.1) is 12.8 Å². The molecule has 0 aliphatic rings. The smallest absolute Gasteiger partial charge is 0.278 e. The molecule has 0 N–H and O–H groups in total. The lowest BCUT2D eigenvalue weighted by atomic mass is 10.1. The van der Waals surface area contributed by atoms with Crippen LogP contribution < -0.4 is 9.64 Å². The number of methoxy groups -OCH3 is 1. The molecule has 122 valence electrons. The van der Waals surface area contributed by atoms with Crippen LogP contribution in [0.3, 0.4) is 0 Å². The first-order valence-corrected chi connectivity index (χ1v) is 7.61. The molecule has 0 radical (unpaired) electrons. The predicted molar refractivity (Wildman–Crippen MR) is 94.4 cm³/mol. The Morgan fingerprint density at radius 3 is 2.38 bits per heavy atom. The quantitative estimate of drug-likeness (QED) is 0.740. The van der Waals surface area contributed by atoms with Gasteiger partial charge in [0.15, 0.2) is 5.69 Å². The normalized spacial score (nSPS) is 10.5.